The van der Waals surface area contributed by atoms with Crippen LogP contribution in [0.25, 0.3) is 0 Å². The Morgan fingerprint density at radius 2 is 2.00 bits per heavy atom. The van der Waals surface area contributed by atoms with Gasteiger partial charge in [0.2, 0.25) is 0 Å². The molecule has 3 unspecified atom stereocenters. The molecule has 2 nitrogen and oxygen atoms in total. The van der Waals surface area contributed by atoms with Gasteiger partial charge in [0.15, 0.2) is 0 Å². The molecule has 13 heavy (non-hydrogen) atoms. The monoisotopic (exact) mass is 181 g/mol. The first kappa shape index (κ1) is 9.20. The number of hydrogen-bond donors (Lipinski definition) is 0. The SMILES string of the molecule is CCC(C)(C(C)=O)N1CC2CC2C1. The molecule has 0 radical (unpaired) electrons. The highest BCUT2D eigenvalue weighted by atomic mass is 16.1. The summed E-state index contributed by atoms with van der Waals surface area (Å²) < 4.78 is 0. The van der Waals surface area contributed by atoms with E-state index < -0.39 is 0 Å². The highest BCUT2D eigenvalue weighted by Gasteiger charge is 2.50. The maximum Gasteiger partial charge on any atom is 0.149 e. The van der Waals surface area contributed by atoms with Crippen molar-refractivity contribution < 1.29 is 4.79 Å². The molecule has 74 valence electrons. The molecule has 2 heteroatoms. The second-order valence-corrected chi connectivity index (χ2v) is 4.84. The Morgan fingerprint density at radius 3 is 2.38 bits per heavy atom. The zero-order chi connectivity index (χ0) is 9.64. The Labute approximate surface area is 80.3 Å². The Bertz CT molecular complexity index is 228. The fourth-order valence-electron chi connectivity index (χ4n) is 2.50. The molecule has 3 atom stereocenters. The van der Waals surface area contributed by atoms with Crippen molar-refractivity contribution in [2.45, 2.75) is 39.2 Å². The first-order valence-electron chi connectivity index (χ1n) is 5.34. The van der Waals surface area contributed by atoms with Crippen LogP contribution in [0.15, 0.2) is 0 Å². The van der Waals surface area contributed by atoms with Crippen LogP contribution in [-0.4, -0.2) is 29.3 Å². The van der Waals surface area contributed by atoms with Crippen molar-refractivity contribution in [2.75, 3.05) is 13.1 Å². The fourth-order valence-corrected chi connectivity index (χ4v) is 2.50. The molecule has 2 fully saturated rings. The molecular formula is C11H19NO. The van der Waals surface area contributed by atoms with E-state index in [0.29, 0.717) is 5.78 Å². The molecule has 1 saturated heterocycles. The van der Waals surface area contributed by atoms with E-state index in [1.54, 1.807) is 6.92 Å². The number of carbonyl (C=O) groups is 1. The summed E-state index contributed by atoms with van der Waals surface area (Å²) in [6.45, 7) is 8.27. The largest absolute Gasteiger partial charge is 0.298 e. The number of likely N-dealkylation sites (tertiary alicyclic amines) is 1. The van der Waals surface area contributed by atoms with Crippen molar-refractivity contribution >= 4 is 5.78 Å². The van der Waals surface area contributed by atoms with Crippen molar-refractivity contribution in [3.05, 3.63) is 0 Å². The fraction of sp³-hybridized carbons (Fsp3) is 0.909. The number of Topliss-reactive ketones (excluding diaryl/α,β-unsaturated/α-hetero) is 1. The molecule has 0 aromatic heterocycles. The van der Waals surface area contributed by atoms with Crippen LogP contribution in [0.1, 0.15) is 33.6 Å². The summed E-state index contributed by atoms with van der Waals surface area (Å²) in [5, 5.41) is 0. The van der Waals surface area contributed by atoms with Gasteiger partial charge in [-0.2, -0.15) is 0 Å². The van der Waals surface area contributed by atoms with Crippen LogP contribution in [0.3, 0.4) is 0 Å². The summed E-state index contributed by atoms with van der Waals surface area (Å²) in [4.78, 5) is 14.0. The lowest BCUT2D eigenvalue weighted by Gasteiger charge is -2.36. The Kier molecular flexibility index (Phi) is 1.99. The number of ketones is 1. The predicted molar refractivity (Wildman–Crippen MR) is 52.5 cm³/mol. The predicted octanol–water partition coefficient (Wildman–Crippen LogP) is 1.70. The van der Waals surface area contributed by atoms with Crippen molar-refractivity contribution in [2.24, 2.45) is 11.8 Å². The van der Waals surface area contributed by atoms with E-state index in [-0.39, 0.29) is 5.54 Å². The van der Waals surface area contributed by atoms with Crippen molar-refractivity contribution in [3.63, 3.8) is 0 Å². The smallest absolute Gasteiger partial charge is 0.149 e. The van der Waals surface area contributed by atoms with Crippen LogP contribution in [0, 0.1) is 11.8 Å². The van der Waals surface area contributed by atoms with E-state index in [9.17, 15) is 4.79 Å². The van der Waals surface area contributed by atoms with Gasteiger partial charge in [-0.1, -0.05) is 6.92 Å². The summed E-state index contributed by atoms with van der Waals surface area (Å²) in [6, 6.07) is 0. The first-order chi connectivity index (χ1) is 6.08. The molecule has 0 spiro atoms. The highest BCUT2D eigenvalue weighted by Crippen LogP contribution is 2.47. The molecule has 0 aromatic rings. The van der Waals surface area contributed by atoms with E-state index >= 15 is 0 Å². The molecular weight excluding hydrogens is 162 g/mol. The summed E-state index contributed by atoms with van der Waals surface area (Å²) in [5.74, 6) is 2.17. The summed E-state index contributed by atoms with van der Waals surface area (Å²) in [6.07, 6.45) is 2.36. The number of rotatable bonds is 3. The van der Waals surface area contributed by atoms with Crippen molar-refractivity contribution in [1.82, 2.24) is 4.90 Å². The number of fused-ring (bicyclic) bond motifs is 1. The lowest BCUT2D eigenvalue weighted by Crippen LogP contribution is -2.50. The molecule has 0 amide bonds. The second-order valence-electron chi connectivity index (χ2n) is 4.84. The van der Waals surface area contributed by atoms with Crippen LogP contribution in [-0.2, 0) is 4.79 Å². The van der Waals surface area contributed by atoms with Crippen LogP contribution in [0.2, 0.25) is 0 Å². The molecule has 2 aliphatic rings. The average Bonchev–Trinajstić information content (AvgIpc) is 2.72. The van der Waals surface area contributed by atoms with Gasteiger partial charge in [0.25, 0.3) is 0 Å². The third kappa shape index (κ3) is 1.32. The second kappa shape index (κ2) is 2.81. The van der Waals surface area contributed by atoms with Crippen molar-refractivity contribution in [3.8, 4) is 0 Å². The Morgan fingerprint density at radius 1 is 1.46 bits per heavy atom. The van der Waals surface area contributed by atoms with E-state index in [1.807, 2.05) is 0 Å². The molecule has 1 heterocycles. The highest BCUT2D eigenvalue weighted by molar-refractivity contribution is 5.85. The maximum atomic E-state index is 11.6. The van der Waals surface area contributed by atoms with E-state index in [2.05, 4.69) is 18.7 Å². The van der Waals surface area contributed by atoms with E-state index in [0.717, 1.165) is 31.3 Å². The van der Waals surface area contributed by atoms with Gasteiger partial charge >= 0.3 is 0 Å². The van der Waals surface area contributed by atoms with Crippen LogP contribution in [0.4, 0.5) is 0 Å². The summed E-state index contributed by atoms with van der Waals surface area (Å²) >= 11 is 0. The molecule has 1 saturated carbocycles. The Hall–Kier alpha value is -0.370. The number of carbonyl (C=O) groups excluding carboxylic acids is 1. The van der Waals surface area contributed by atoms with Gasteiger partial charge in [0.05, 0.1) is 5.54 Å². The third-order valence-corrected chi connectivity index (χ3v) is 4.12. The number of piperidine rings is 1. The van der Waals surface area contributed by atoms with E-state index in [4.69, 9.17) is 0 Å². The van der Waals surface area contributed by atoms with Gasteiger partial charge in [0, 0.05) is 13.1 Å². The third-order valence-electron chi connectivity index (χ3n) is 4.12. The molecule has 2 rings (SSSR count). The molecule has 1 aliphatic carbocycles. The first-order valence-corrected chi connectivity index (χ1v) is 5.34. The minimum absolute atomic E-state index is 0.173. The van der Waals surface area contributed by atoms with Crippen molar-refractivity contribution in [1.29, 1.82) is 0 Å². The van der Waals surface area contributed by atoms with Gasteiger partial charge in [-0.15, -0.1) is 0 Å². The van der Waals surface area contributed by atoms with Crippen LogP contribution < -0.4 is 0 Å². The van der Waals surface area contributed by atoms with Gasteiger partial charge in [-0.3, -0.25) is 9.69 Å². The Balaban J connectivity index is 2.08. The van der Waals surface area contributed by atoms with Gasteiger partial charge in [0.1, 0.15) is 5.78 Å². The molecule has 1 aliphatic heterocycles. The minimum Gasteiger partial charge on any atom is -0.298 e. The normalized spacial score (nSPS) is 36.8. The van der Waals surface area contributed by atoms with Crippen LogP contribution in [0.5, 0.6) is 0 Å². The standard InChI is InChI=1S/C11H19NO/c1-4-11(3,8(2)13)12-6-9-5-10(9)7-12/h9-10H,4-7H2,1-3H3. The number of nitrogens with zero attached hydrogens (tertiary/aromatic N) is 1. The topological polar surface area (TPSA) is 20.3 Å². The molecule has 0 N–H and O–H groups in total. The van der Waals surface area contributed by atoms with Gasteiger partial charge in [-0.25, -0.2) is 0 Å². The van der Waals surface area contributed by atoms with E-state index in [1.165, 1.54) is 6.42 Å². The maximum absolute atomic E-state index is 11.6. The minimum atomic E-state index is -0.173. The lowest BCUT2D eigenvalue weighted by molar-refractivity contribution is -0.128. The van der Waals surface area contributed by atoms with Gasteiger partial charge in [-0.05, 0) is 38.5 Å². The lowest BCUT2D eigenvalue weighted by atomic mass is 9.92. The molecule has 0 bridgehead atoms. The zero-order valence-electron chi connectivity index (χ0n) is 8.84. The number of hydrogen-bond acceptors (Lipinski definition) is 2. The quantitative estimate of drug-likeness (QED) is 0.660. The summed E-state index contributed by atoms with van der Waals surface area (Å²) in [7, 11) is 0. The zero-order valence-corrected chi connectivity index (χ0v) is 8.84. The van der Waals surface area contributed by atoms with Gasteiger partial charge < -0.3 is 0 Å². The van der Waals surface area contributed by atoms with Crippen LogP contribution >= 0.6 is 0 Å². The molecule has 0 aromatic carbocycles. The summed E-state index contributed by atoms with van der Waals surface area (Å²) in [5.41, 5.74) is -0.173. The average molecular weight is 181 g/mol.